The van der Waals surface area contributed by atoms with E-state index in [-0.39, 0.29) is 6.54 Å². The van der Waals surface area contributed by atoms with Gasteiger partial charge in [0.05, 0.1) is 6.07 Å². The summed E-state index contributed by atoms with van der Waals surface area (Å²) in [6.45, 7) is 5.98. The minimum atomic E-state index is 0.275. The van der Waals surface area contributed by atoms with Gasteiger partial charge >= 0.3 is 0 Å². The van der Waals surface area contributed by atoms with Crippen LogP contribution in [0.5, 0.6) is 0 Å². The average Bonchev–Trinajstić information content (AvgIpc) is 2.09. The predicted molar refractivity (Wildman–Crippen MR) is 50.3 cm³/mol. The van der Waals surface area contributed by atoms with Crippen LogP contribution in [0.15, 0.2) is 0 Å². The lowest BCUT2D eigenvalue weighted by atomic mass is 10.2. The Morgan fingerprint density at radius 2 is 2.00 bits per heavy atom. The number of aryl methyl sites for hydroxylation is 2. The Kier molecular flexibility index (Phi) is 2.80. The molecular formula is C9H12N4. The maximum Gasteiger partial charge on any atom is 0.133 e. The van der Waals surface area contributed by atoms with Gasteiger partial charge in [-0.05, 0) is 20.8 Å². The number of nitrogens with zero attached hydrogens (tertiary/aromatic N) is 3. The Morgan fingerprint density at radius 3 is 2.62 bits per heavy atom. The van der Waals surface area contributed by atoms with Gasteiger partial charge in [-0.15, -0.1) is 0 Å². The second-order valence-electron chi connectivity index (χ2n) is 2.84. The normalized spacial score (nSPS) is 9.38. The molecule has 0 aliphatic carbocycles. The second-order valence-corrected chi connectivity index (χ2v) is 2.84. The van der Waals surface area contributed by atoms with Gasteiger partial charge in [0.25, 0.3) is 0 Å². The van der Waals surface area contributed by atoms with E-state index < -0.39 is 0 Å². The molecule has 0 spiro atoms. The lowest BCUT2D eigenvalue weighted by molar-refractivity contribution is 0.982. The topological polar surface area (TPSA) is 61.6 Å². The minimum absolute atomic E-state index is 0.275. The van der Waals surface area contributed by atoms with Crippen molar-refractivity contribution in [1.82, 2.24) is 9.97 Å². The first-order chi connectivity index (χ1) is 6.15. The highest BCUT2D eigenvalue weighted by atomic mass is 15.0. The minimum Gasteiger partial charge on any atom is -0.357 e. The Hall–Kier alpha value is -1.63. The molecule has 0 saturated heterocycles. The highest BCUT2D eigenvalue weighted by Crippen LogP contribution is 2.13. The lowest BCUT2D eigenvalue weighted by Crippen LogP contribution is -2.06. The molecule has 4 heteroatoms. The number of rotatable bonds is 2. The number of anilines is 1. The van der Waals surface area contributed by atoms with Gasteiger partial charge in [-0.3, -0.25) is 0 Å². The first-order valence-electron chi connectivity index (χ1n) is 4.08. The molecule has 0 aliphatic heterocycles. The van der Waals surface area contributed by atoms with Crippen LogP contribution >= 0.6 is 0 Å². The summed E-state index contributed by atoms with van der Waals surface area (Å²) in [5.74, 6) is 1.48. The van der Waals surface area contributed by atoms with Gasteiger partial charge in [0.2, 0.25) is 0 Å². The van der Waals surface area contributed by atoms with Crippen molar-refractivity contribution in [3.63, 3.8) is 0 Å². The first kappa shape index (κ1) is 9.46. The predicted octanol–water partition coefficient (Wildman–Crippen LogP) is 1.34. The van der Waals surface area contributed by atoms with Crippen LogP contribution in [-0.4, -0.2) is 16.5 Å². The third-order valence-electron chi connectivity index (χ3n) is 1.84. The fourth-order valence-corrected chi connectivity index (χ4v) is 1.06. The Balaban J connectivity index is 3.00. The zero-order valence-corrected chi connectivity index (χ0v) is 8.05. The first-order valence-corrected chi connectivity index (χ1v) is 4.08. The van der Waals surface area contributed by atoms with Gasteiger partial charge < -0.3 is 5.32 Å². The number of aromatic nitrogens is 2. The molecule has 1 aromatic rings. The molecule has 1 rings (SSSR count). The van der Waals surface area contributed by atoms with Gasteiger partial charge in [0.15, 0.2) is 0 Å². The highest BCUT2D eigenvalue weighted by Gasteiger charge is 2.03. The van der Waals surface area contributed by atoms with Crippen molar-refractivity contribution in [2.45, 2.75) is 20.8 Å². The summed E-state index contributed by atoms with van der Waals surface area (Å²) in [5.41, 5.74) is 1.95. The molecule has 1 N–H and O–H groups in total. The summed E-state index contributed by atoms with van der Waals surface area (Å²) in [7, 11) is 0. The van der Waals surface area contributed by atoms with E-state index in [1.165, 1.54) is 0 Å². The standard InChI is InChI=1S/C9H12N4/c1-6-7(2)12-8(3)13-9(6)11-5-4-10/h5H2,1-3H3,(H,11,12,13). The molecule has 0 amide bonds. The molecule has 0 fully saturated rings. The van der Waals surface area contributed by atoms with E-state index in [2.05, 4.69) is 15.3 Å². The van der Waals surface area contributed by atoms with Crippen molar-refractivity contribution in [3.05, 3.63) is 17.1 Å². The number of hydrogen-bond donors (Lipinski definition) is 1. The quantitative estimate of drug-likeness (QED) is 0.691. The van der Waals surface area contributed by atoms with Crippen LogP contribution in [-0.2, 0) is 0 Å². The van der Waals surface area contributed by atoms with Gasteiger partial charge in [-0.2, -0.15) is 5.26 Å². The summed E-state index contributed by atoms with van der Waals surface area (Å²) in [4.78, 5) is 8.41. The molecule has 1 aromatic heterocycles. The smallest absolute Gasteiger partial charge is 0.133 e. The molecule has 13 heavy (non-hydrogen) atoms. The van der Waals surface area contributed by atoms with E-state index in [1.807, 2.05) is 26.8 Å². The van der Waals surface area contributed by atoms with Crippen LogP contribution in [0.3, 0.4) is 0 Å². The average molecular weight is 176 g/mol. The van der Waals surface area contributed by atoms with E-state index in [1.54, 1.807) is 0 Å². The van der Waals surface area contributed by atoms with Crippen LogP contribution in [0.25, 0.3) is 0 Å². The molecule has 0 bridgehead atoms. The number of hydrogen-bond acceptors (Lipinski definition) is 4. The maximum atomic E-state index is 8.40. The van der Waals surface area contributed by atoms with E-state index in [4.69, 9.17) is 5.26 Å². The van der Waals surface area contributed by atoms with E-state index >= 15 is 0 Å². The van der Waals surface area contributed by atoms with Crippen LogP contribution in [0.4, 0.5) is 5.82 Å². The van der Waals surface area contributed by atoms with Gasteiger partial charge in [-0.25, -0.2) is 9.97 Å². The Labute approximate surface area is 77.6 Å². The summed E-state index contributed by atoms with van der Waals surface area (Å²) in [6, 6.07) is 2.01. The van der Waals surface area contributed by atoms with Crippen molar-refractivity contribution in [1.29, 1.82) is 5.26 Å². The molecule has 0 aliphatic rings. The lowest BCUT2D eigenvalue weighted by Gasteiger charge is -2.07. The molecule has 0 radical (unpaired) electrons. The third kappa shape index (κ3) is 2.15. The monoisotopic (exact) mass is 176 g/mol. The molecular weight excluding hydrogens is 164 g/mol. The number of nitriles is 1. The van der Waals surface area contributed by atoms with Crippen LogP contribution in [0, 0.1) is 32.1 Å². The molecule has 68 valence electrons. The zero-order chi connectivity index (χ0) is 9.84. The van der Waals surface area contributed by atoms with Crippen molar-refractivity contribution in [2.75, 3.05) is 11.9 Å². The molecule has 4 nitrogen and oxygen atoms in total. The van der Waals surface area contributed by atoms with Crippen LogP contribution < -0.4 is 5.32 Å². The Morgan fingerprint density at radius 1 is 1.31 bits per heavy atom. The van der Waals surface area contributed by atoms with Crippen LogP contribution in [0.1, 0.15) is 17.1 Å². The van der Waals surface area contributed by atoms with Crippen molar-refractivity contribution >= 4 is 5.82 Å². The molecule has 0 atom stereocenters. The van der Waals surface area contributed by atoms with E-state index in [0.717, 1.165) is 22.9 Å². The van der Waals surface area contributed by atoms with E-state index in [9.17, 15) is 0 Å². The third-order valence-corrected chi connectivity index (χ3v) is 1.84. The molecule has 0 aromatic carbocycles. The molecule has 0 unspecified atom stereocenters. The van der Waals surface area contributed by atoms with E-state index in [0.29, 0.717) is 0 Å². The fraction of sp³-hybridized carbons (Fsp3) is 0.444. The summed E-state index contributed by atoms with van der Waals surface area (Å²) in [6.07, 6.45) is 0. The van der Waals surface area contributed by atoms with Crippen molar-refractivity contribution < 1.29 is 0 Å². The largest absolute Gasteiger partial charge is 0.357 e. The Bertz CT molecular complexity index is 351. The van der Waals surface area contributed by atoms with Crippen molar-refractivity contribution in [3.8, 4) is 6.07 Å². The van der Waals surface area contributed by atoms with Gasteiger partial charge in [0, 0.05) is 11.3 Å². The maximum absolute atomic E-state index is 8.40. The fourth-order valence-electron chi connectivity index (χ4n) is 1.06. The van der Waals surface area contributed by atoms with Gasteiger partial charge in [0.1, 0.15) is 18.2 Å². The van der Waals surface area contributed by atoms with Gasteiger partial charge in [-0.1, -0.05) is 0 Å². The second kappa shape index (κ2) is 3.85. The van der Waals surface area contributed by atoms with Crippen LogP contribution in [0.2, 0.25) is 0 Å². The highest BCUT2D eigenvalue weighted by molar-refractivity contribution is 5.45. The summed E-state index contributed by atoms with van der Waals surface area (Å²) < 4.78 is 0. The molecule has 0 saturated carbocycles. The molecule has 1 heterocycles. The zero-order valence-electron chi connectivity index (χ0n) is 8.05. The number of nitrogens with one attached hydrogen (secondary N) is 1. The SMILES string of the molecule is Cc1nc(C)c(C)c(NCC#N)n1. The summed E-state index contributed by atoms with van der Waals surface area (Å²) in [5, 5.41) is 11.3. The van der Waals surface area contributed by atoms with Crippen molar-refractivity contribution in [2.24, 2.45) is 0 Å². The summed E-state index contributed by atoms with van der Waals surface area (Å²) >= 11 is 0.